The Bertz CT molecular complexity index is 702. The number of rotatable bonds is 8. The Balaban J connectivity index is 0.00000280. The Kier molecular flexibility index (Phi) is 10.0. The minimum absolute atomic E-state index is 0. The zero-order chi connectivity index (χ0) is 18.9. The largest absolute Gasteiger partial charge is 0.345 e. The lowest BCUT2D eigenvalue weighted by molar-refractivity contribution is 0.0933. The second-order valence-corrected chi connectivity index (χ2v) is 8.26. The molecule has 5 heteroatoms. The normalized spacial score (nSPS) is 15.5. The van der Waals surface area contributed by atoms with Crippen LogP contribution >= 0.6 is 28.3 Å². The number of carbonyl (C=O) groups excluding carboxylic acids is 1. The number of benzene rings is 2. The van der Waals surface area contributed by atoms with Crippen molar-refractivity contribution in [2.45, 2.75) is 44.6 Å². The number of likely N-dealkylation sites (tertiary alicyclic amines) is 1. The summed E-state index contributed by atoms with van der Waals surface area (Å²) in [5, 5.41) is 3.24. The summed E-state index contributed by atoms with van der Waals surface area (Å²) >= 11 is 3.42. The van der Waals surface area contributed by atoms with Gasteiger partial charge in [-0.15, -0.1) is 12.4 Å². The van der Waals surface area contributed by atoms with E-state index in [4.69, 9.17) is 0 Å². The van der Waals surface area contributed by atoms with Crippen LogP contribution in [-0.4, -0.2) is 30.4 Å². The molecule has 0 bridgehead atoms. The molecule has 1 heterocycles. The van der Waals surface area contributed by atoms with Crippen molar-refractivity contribution < 1.29 is 4.79 Å². The molecule has 1 aliphatic rings. The summed E-state index contributed by atoms with van der Waals surface area (Å²) in [5.74, 6) is -0.00705. The standard InChI is InChI=1S/C23H29BrN2O.ClH/c24-21-14-12-20(13-15-21)23(27)25-22(19-9-3-1-4-10-19)11-5-8-18-26-16-6-2-7-17-26;/h1,3-4,9-10,12-15,22H,2,5-8,11,16-18H2,(H,25,27);1H. The zero-order valence-electron chi connectivity index (χ0n) is 16.3. The predicted molar refractivity (Wildman–Crippen MR) is 122 cm³/mol. The number of nitrogens with one attached hydrogen (secondary N) is 1. The average Bonchev–Trinajstić information content (AvgIpc) is 2.72. The van der Waals surface area contributed by atoms with E-state index in [1.165, 1.54) is 50.9 Å². The molecule has 1 unspecified atom stereocenters. The third kappa shape index (κ3) is 7.23. The molecule has 0 saturated carbocycles. The fourth-order valence-electron chi connectivity index (χ4n) is 3.72. The maximum absolute atomic E-state index is 12.7. The minimum Gasteiger partial charge on any atom is -0.345 e. The lowest BCUT2D eigenvalue weighted by Crippen LogP contribution is -2.31. The number of carbonyl (C=O) groups is 1. The summed E-state index contributed by atoms with van der Waals surface area (Å²) in [6, 6.07) is 17.9. The molecule has 1 amide bonds. The van der Waals surface area contributed by atoms with Crippen LogP contribution in [0, 0.1) is 0 Å². The molecule has 3 nitrogen and oxygen atoms in total. The van der Waals surface area contributed by atoms with Gasteiger partial charge in [0.15, 0.2) is 0 Å². The lowest BCUT2D eigenvalue weighted by Gasteiger charge is -2.26. The molecule has 2 aromatic rings. The number of hydrogen-bond donors (Lipinski definition) is 1. The summed E-state index contributed by atoms with van der Waals surface area (Å²) in [6.45, 7) is 3.69. The molecule has 1 N–H and O–H groups in total. The van der Waals surface area contributed by atoms with E-state index in [2.05, 4.69) is 38.3 Å². The highest BCUT2D eigenvalue weighted by molar-refractivity contribution is 9.10. The van der Waals surface area contributed by atoms with E-state index in [9.17, 15) is 4.79 Å². The number of amides is 1. The van der Waals surface area contributed by atoms with Gasteiger partial charge in [-0.05, 0) is 81.6 Å². The Labute approximate surface area is 183 Å². The summed E-state index contributed by atoms with van der Waals surface area (Å²) in [5.41, 5.74) is 1.88. The van der Waals surface area contributed by atoms with Crippen LogP contribution in [0.5, 0.6) is 0 Å². The van der Waals surface area contributed by atoms with E-state index in [1.807, 2.05) is 42.5 Å². The first-order valence-electron chi connectivity index (χ1n) is 10.1. The topological polar surface area (TPSA) is 32.3 Å². The van der Waals surface area contributed by atoms with E-state index < -0.39 is 0 Å². The molecule has 0 radical (unpaired) electrons. The Hall–Kier alpha value is -1.36. The van der Waals surface area contributed by atoms with Crippen molar-refractivity contribution in [1.82, 2.24) is 10.2 Å². The summed E-state index contributed by atoms with van der Waals surface area (Å²) in [7, 11) is 0. The second-order valence-electron chi connectivity index (χ2n) is 7.34. The molecular formula is C23H30BrClN2O. The fraction of sp³-hybridized carbons (Fsp3) is 0.435. The van der Waals surface area contributed by atoms with Crippen molar-refractivity contribution >= 4 is 34.2 Å². The van der Waals surface area contributed by atoms with Crippen molar-refractivity contribution in [3.63, 3.8) is 0 Å². The highest BCUT2D eigenvalue weighted by Crippen LogP contribution is 2.21. The molecule has 0 aromatic heterocycles. The van der Waals surface area contributed by atoms with Gasteiger partial charge in [-0.25, -0.2) is 0 Å². The smallest absolute Gasteiger partial charge is 0.251 e. The van der Waals surface area contributed by atoms with Crippen LogP contribution in [-0.2, 0) is 0 Å². The van der Waals surface area contributed by atoms with E-state index in [0.717, 1.165) is 17.3 Å². The third-order valence-electron chi connectivity index (χ3n) is 5.28. The van der Waals surface area contributed by atoms with Gasteiger partial charge in [0, 0.05) is 10.0 Å². The van der Waals surface area contributed by atoms with Gasteiger partial charge in [-0.1, -0.05) is 52.7 Å². The molecule has 1 aliphatic heterocycles. The number of hydrogen-bond acceptors (Lipinski definition) is 2. The number of unbranched alkanes of at least 4 members (excludes halogenated alkanes) is 1. The lowest BCUT2D eigenvalue weighted by atomic mass is 10.00. The molecule has 1 saturated heterocycles. The average molecular weight is 466 g/mol. The van der Waals surface area contributed by atoms with Crippen LogP contribution < -0.4 is 5.32 Å². The third-order valence-corrected chi connectivity index (χ3v) is 5.81. The first-order valence-corrected chi connectivity index (χ1v) is 10.9. The summed E-state index contributed by atoms with van der Waals surface area (Å²) in [6.07, 6.45) is 7.36. The van der Waals surface area contributed by atoms with Crippen LogP contribution in [0.3, 0.4) is 0 Å². The second kappa shape index (κ2) is 12.3. The van der Waals surface area contributed by atoms with Crippen LogP contribution in [0.4, 0.5) is 0 Å². The van der Waals surface area contributed by atoms with E-state index >= 15 is 0 Å². The van der Waals surface area contributed by atoms with Crippen molar-refractivity contribution in [3.8, 4) is 0 Å². The van der Waals surface area contributed by atoms with Crippen LogP contribution in [0.2, 0.25) is 0 Å². The molecule has 28 heavy (non-hydrogen) atoms. The van der Waals surface area contributed by atoms with Crippen molar-refractivity contribution in [3.05, 3.63) is 70.2 Å². The van der Waals surface area contributed by atoms with Gasteiger partial charge in [-0.2, -0.15) is 0 Å². The van der Waals surface area contributed by atoms with Crippen LogP contribution in [0.25, 0.3) is 0 Å². The molecule has 0 spiro atoms. The predicted octanol–water partition coefficient (Wildman–Crippen LogP) is 6.00. The highest BCUT2D eigenvalue weighted by atomic mass is 79.9. The first-order chi connectivity index (χ1) is 13.2. The maximum Gasteiger partial charge on any atom is 0.251 e. The van der Waals surface area contributed by atoms with Crippen LogP contribution in [0.1, 0.15) is 60.5 Å². The molecule has 1 fully saturated rings. The Morgan fingerprint density at radius 2 is 1.64 bits per heavy atom. The SMILES string of the molecule is Cl.O=C(NC(CCCCN1CCCCC1)c1ccccc1)c1ccc(Br)cc1. The van der Waals surface area contributed by atoms with Gasteiger partial charge < -0.3 is 10.2 Å². The molecule has 1 atom stereocenters. The first kappa shape index (κ1) is 22.9. The van der Waals surface area contributed by atoms with E-state index in [1.54, 1.807) is 0 Å². The van der Waals surface area contributed by atoms with Crippen molar-refractivity contribution in [2.75, 3.05) is 19.6 Å². The molecular weight excluding hydrogens is 436 g/mol. The zero-order valence-corrected chi connectivity index (χ0v) is 18.7. The van der Waals surface area contributed by atoms with E-state index in [0.29, 0.717) is 5.56 Å². The quantitative estimate of drug-likeness (QED) is 0.485. The Morgan fingerprint density at radius 3 is 2.32 bits per heavy atom. The fourth-order valence-corrected chi connectivity index (χ4v) is 3.98. The summed E-state index contributed by atoms with van der Waals surface area (Å²) < 4.78 is 0.983. The number of nitrogens with zero attached hydrogens (tertiary/aromatic N) is 1. The number of piperidine rings is 1. The Morgan fingerprint density at radius 1 is 0.964 bits per heavy atom. The monoisotopic (exact) mass is 464 g/mol. The van der Waals surface area contributed by atoms with Gasteiger partial charge in [0.2, 0.25) is 0 Å². The molecule has 3 rings (SSSR count). The van der Waals surface area contributed by atoms with E-state index in [-0.39, 0.29) is 24.4 Å². The highest BCUT2D eigenvalue weighted by Gasteiger charge is 2.16. The van der Waals surface area contributed by atoms with Gasteiger partial charge in [0.25, 0.3) is 5.91 Å². The molecule has 0 aliphatic carbocycles. The maximum atomic E-state index is 12.7. The van der Waals surface area contributed by atoms with Gasteiger partial charge >= 0.3 is 0 Å². The number of halogens is 2. The van der Waals surface area contributed by atoms with Crippen molar-refractivity contribution in [1.29, 1.82) is 0 Å². The molecule has 2 aromatic carbocycles. The van der Waals surface area contributed by atoms with Gasteiger partial charge in [0.1, 0.15) is 0 Å². The van der Waals surface area contributed by atoms with Crippen LogP contribution in [0.15, 0.2) is 59.1 Å². The summed E-state index contributed by atoms with van der Waals surface area (Å²) in [4.78, 5) is 15.3. The minimum atomic E-state index is -0.00705. The van der Waals surface area contributed by atoms with Gasteiger partial charge in [0.05, 0.1) is 6.04 Å². The van der Waals surface area contributed by atoms with Crippen molar-refractivity contribution in [2.24, 2.45) is 0 Å². The van der Waals surface area contributed by atoms with Gasteiger partial charge in [-0.3, -0.25) is 4.79 Å². The molecule has 152 valence electrons.